The van der Waals surface area contributed by atoms with Gasteiger partial charge >= 0.3 is 0 Å². The first-order valence-electron chi connectivity index (χ1n) is 12.3. The molecule has 0 spiro atoms. The molecule has 0 radical (unpaired) electrons. The van der Waals surface area contributed by atoms with Crippen molar-refractivity contribution in [1.82, 2.24) is 25.1 Å². The first kappa shape index (κ1) is 26.0. The van der Waals surface area contributed by atoms with Gasteiger partial charge in [-0.25, -0.2) is 4.68 Å². The smallest absolute Gasteiger partial charge is 0.173 e. The SMILES string of the molecule is COc1ccc(N2CCN(C(c3cccc(OC)c3OC)c3nnnn3C3CCCC3)CC2)cc1.Cl. The molecule has 2 aliphatic rings. The first-order chi connectivity index (χ1) is 17.2. The summed E-state index contributed by atoms with van der Waals surface area (Å²) >= 11 is 0. The zero-order chi connectivity index (χ0) is 24.2. The lowest BCUT2D eigenvalue weighted by atomic mass is 10.0. The monoisotopic (exact) mass is 514 g/mol. The summed E-state index contributed by atoms with van der Waals surface area (Å²) < 4.78 is 18.9. The van der Waals surface area contributed by atoms with E-state index in [2.05, 4.69) is 48.2 Å². The molecule has 3 aromatic rings. The van der Waals surface area contributed by atoms with Gasteiger partial charge in [0.25, 0.3) is 0 Å². The van der Waals surface area contributed by atoms with Crippen molar-refractivity contribution >= 4 is 18.1 Å². The van der Waals surface area contributed by atoms with Gasteiger partial charge in [0, 0.05) is 37.4 Å². The molecule has 1 saturated heterocycles. The largest absolute Gasteiger partial charge is 0.497 e. The van der Waals surface area contributed by atoms with Gasteiger partial charge in [0.05, 0.1) is 27.4 Å². The summed E-state index contributed by atoms with van der Waals surface area (Å²) in [6, 6.07) is 14.5. The molecule has 2 heterocycles. The van der Waals surface area contributed by atoms with Gasteiger partial charge < -0.3 is 19.1 Å². The molecule has 0 bridgehead atoms. The van der Waals surface area contributed by atoms with Gasteiger partial charge in [-0.1, -0.05) is 25.0 Å². The topological polar surface area (TPSA) is 77.8 Å². The lowest BCUT2D eigenvalue weighted by Gasteiger charge is -2.40. The van der Waals surface area contributed by atoms with Crippen LogP contribution in [0.2, 0.25) is 0 Å². The number of nitrogens with zero attached hydrogens (tertiary/aromatic N) is 6. The molecule has 2 fully saturated rings. The average Bonchev–Trinajstić information content (AvgIpc) is 3.62. The van der Waals surface area contributed by atoms with Crippen molar-refractivity contribution in [3.05, 3.63) is 53.9 Å². The molecule has 1 unspecified atom stereocenters. The van der Waals surface area contributed by atoms with Crippen molar-refractivity contribution < 1.29 is 14.2 Å². The third-order valence-corrected chi connectivity index (χ3v) is 7.28. The van der Waals surface area contributed by atoms with Gasteiger partial charge in [0.15, 0.2) is 17.3 Å². The maximum Gasteiger partial charge on any atom is 0.173 e. The van der Waals surface area contributed by atoms with E-state index in [1.165, 1.54) is 18.5 Å². The van der Waals surface area contributed by atoms with Crippen LogP contribution in [0.5, 0.6) is 17.2 Å². The van der Waals surface area contributed by atoms with Gasteiger partial charge in [-0.2, -0.15) is 0 Å². The molecule has 2 aromatic carbocycles. The van der Waals surface area contributed by atoms with E-state index in [1.807, 2.05) is 24.3 Å². The Bertz CT molecular complexity index is 1110. The number of hydrogen-bond donors (Lipinski definition) is 0. The van der Waals surface area contributed by atoms with Gasteiger partial charge in [0.1, 0.15) is 11.8 Å². The van der Waals surface area contributed by atoms with Crippen molar-refractivity contribution in [2.45, 2.75) is 37.8 Å². The summed E-state index contributed by atoms with van der Waals surface area (Å²) in [4.78, 5) is 4.88. The molecular formula is C26H35ClN6O3. The molecule has 1 aliphatic carbocycles. The Labute approximate surface area is 218 Å². The zero-order valence-electron chi connectivity index (χ0n) is 21.2. The van der Waals surface area contributed by atoms with Gasteiger partial charge in [0.2, 0.25) is 0 Å². The first-order valence-corrected chi connectivity index (χ1v) is 12.3. The summed E-state index contributed by atoms with van der Waals surface area (Å²) in [5.74, 6) is 3.20. The third-order valence-electron chi connectivity index (χ3n) is 7.28. The number of para-hydroxylation sites is 1. The zero-order valence-corrected chi connectivity index (χ0v) is 22.0. The van der Waals surface area contributed by atoms with Crippen LogP contribution in [0.15, 0.2) is 42.5 Å². The second-order valence-electron chi connectivity index (χ2n) is 9.13. The Balaban J connectivity index is 0.00000304. The third kappa shape index (κ3) is 5.08. The van der Waals surface area contributed by atoms with Gasteiger partial charge in [-0.05, 0) is 53.6 Å². The molecule has 36 heavy (non-hydrogen) atoms. The number of rotatable bonds is 8. The second kappa shape index (κ2) is 11.8. The molecule has 194 valence electrons. The normalized spacial score (nSPS) is 17.5. The molecule has 10 heteroatoms. The number of halogens is 1. The lowest BCUT2D eigenvalue weighted by molar-refractivity contribution is 0.193. The Morgan fingerprint density at radius 3 is 2.22 bits per heavy atom. The van der Waals surface area contributed by atoms with Crippen LogP contribution in [0.3, 0.4) is 0 Å². The van der Waals surface area contributed by atoms with Crippen LogP contribution in [0, 0.1) is 0 Å². The van der Waals surface area contributed by atoms with E-state index in [0.717, 1.165) is 61.9 Å². The van der Waals surface area contributed by atoms with Crippen molar-refractivity contribution in [3.8, 4) is 17.2 Å². The number of benzene rings is 2. The molecule has 1 aromatic heterocycles. The summed E-state index contributed by atoms with van der Waals surface area (Å²) in [7, 11) is 5.06. The molecule has 5 rings (SSSR count). The van der Waals surface area contributed by atoms with Crippen molar-refractivity contribution in [2.75, 3.05) is 52.4 Å². The minimum absolute atomic E-state index is 0. The van der Waals surface area contributed by atoms with Crippen LogP contribution >= 0.6 is 12.4 Å². The van der Waals surface area contributed by atoms with E-state index in [-0.39, 0.29) is 18.4 Å². The number of aromatic nitrogens is 4. The van der Waals surface area contributed by atoms with Crippen LogP contribution in [0.4, 0.5) is 5.69 Å². The average molecular weight is 515 g/mol. The predicted molar refractivity (Wildman–Crippen MR) is 141 cm³/mol. The summed E-state index contributed by atoms with van der Waals surface area (Å²) in [5.41, 5.74) is 2.23. The maximum absolute atomic E-state index is 5.86. The molecule has 0 amide bonds. The van der Waals surface area contributed by atoms with E-state index in [0.29, 0.717) is 11.8 Å². The van der Waals surface area contributed by atoms with Crippen molar-refractivity contribution in [1.29, 1.82) is 0 Å². The predicted octanol–water partition coefficient (Wildman–Crippen LogP) is 4.15. The fraction of sp³-hybridized carbons (Fsp3) is 0.500. The summed E-state index contributed by atoms with van der Waals surface area (Å²) in [6.07, 6.45) is 4.67. The van der Waals surface area contributed by atoms with Crippen LogP contribution in [-0.4, -0.2) is 72.6 Å². The highest BCUT2D eigenvalue weighted by atomic mass is 35.5. The quantitative estimate of drug-likeness (QED) is 0.443. The van der Waals surface area contributed by atoms with E-state index in [9.17, 15) is 0 Å². The van der Waals surface area contributed by atoms with Crippen molar-refractivity contribution in [2.24, 2.45) is 0 Å². The Kier molecular flexibility index (Phi) is 8.53. The molecule has 1 aliphatic heterocycles. The summed E-state index contributed by atoms with van der Waals surface area (Å²) in [6.45, 7) is 3.55. The number of ether oxygens (including phenoxy) is 3. The van der Waals surface area contributed by atoms with Crippen LogP contribution in [-0.2, 0) is 0 Å². The van der Waals surface area contributed by atoms with E-state index in [4.69, 9.17) is 14.2 Å². The molecule has 1 atom stereocenters. The number of tetrazole rings is 1. The fourth-order valence-electron chi connectivity index (χ4n) is 5.45. The highest BCUT2D eigenvalue weighted by Gasteiger charge is 2.35. The molecular weight excluding hydrogens is 480 g/mol. The van der Waals surface area contributed by atoms with Gasteiger partial charge in [-0.15, -0.1) is 17.5 Å². The highest BCUT2D eigenvalue weighted by molar-refractivity contribution is 5.85. The molecule has 0 N–H and O–H groups in total. The number of piperazine rings is 1. The Morgan fingerprint density at radius 1 is 0.861 bits per heavy atom. The van der Waals surface area contributed by atoms with Crippen molar-refractivity contribution in [3.63, 3.8) is 0 Å². The Hall–Kier alpha value is -3.04. The standard InChI is InChI=1S/C26H34N6O3.ClH/c1-33-21-13-11-19(12-14-21)30-15-17-31(18-16-30)24(22-9-6-10-23(34-2)25(22)35-3)26-27-28-29-32(26)20-7-4-5-8-20;/h6,9-14,20,24H,4-5,7-8,15-18H2,1-3H3;1H. The summed E-state index contributed by atoms with van der Waals surface area (Å²) in [5, 5.41) is 13.2. The van der Waals surface area contributed by atoms with E-state index < -0.39 is 0 Å². The van der Waals surface area contributed by atoms with Crippen LogP contribution in [0.1, 0.15) is 49.2 Å². The minimum atomic E-state index is -0.131. The van der Waals surface area contributed by atoms with E-state index in [1.54, 1.807) is 21.3 Å². The maximum atomic E-state index is 5.86. The number of hydrogen-bond acceptors (Lipinski definition) is 8. The molecule has 9 nitrogen and oxygen atoms in total. The molecule has 1 saturated carbocycles. The fourth-order valence-corrected chi connectivity index (χ4v) is 5.45. The number of methoxy groups -OCH3 is 3. The van der Waals surface area contributed by atoms with Crippen LogP contribution in [0.25, 0.3) is 0 Å². The Morgan fingerprint density at radius 2 is 1.58 bits per heavy atom. The second-order valence-corrected chi connectivity index (χ2v) is 9.13. The van der Waals surface area contributed by atoms with Crippen LogP contribution < -0.4 is 19.1 Å². The lowest BCUT2D eigenvalue weighted by Crippen LogP contribution is -2.48. The minimum Gasteiger partial charge on any atom is -0.497 e. The van der Waals surface area contributed by atoms with E-state index >= 15 is 0 Å². The number of anilines is 1. The van der Waals surface area contributed by atoms with Gasteiger partial charge in [-0.3, -0.25) is 4.90 Å². The highest BCUT2D eigenvalue weighted by Crippen LogP contribution is 2.41.